The summed E-state index contributed by atoms with van der Waals surface area (Å²) in [6.45, 7) is 4.29. The van der Waals surface area contributed by atoms with Gasteiger partial charge in [0.25, 0.3) is 0 Å². The molecule has 1 aromatic heterocycles. The summed E-state index contributed by atoms with van der Waals surface area (Å²) >= 11 is 0. The third-order valence-electron chi connectivity index (χ3n) is 4.39. The van der Waals surface area contributed by atoms with Crippen LogP contribution in [0.4, 0.5) is 14.7 Å². The molecule has 0 bridgehead atoms. The summed E-state index contributed by atoms with van der Waals surface area (Å²) in [4.78, 5) is 15.8. The Kier molecular flexibility index (Phi) is 5.27. The molecule has 0 saturated heterocycles. The second-order valence-corrected chi connectivity index (χ2v) is 9.14. The molecule has 0 aliphatic rings. The van der Waals surface area contributed by atoms with Gasteiger partial charge in [-0.15, -0.1) is 0 Å². The van der Waals surface area contributed by atoms with Crippen molar-refractivity contribution in [3.63, 3.8) is 0 Å². The van der Waals surface area contributed by atoms with E-state index in [1.54, 1.807) is 6.07 Å². The smallest absolute Gasteiger partial charge is 0.244 e. The van der Waals surface area contributed by atoms with E-state index >= 15 is 0 Å². The van der Waals surface area contributed by atoms with Crippen LogP contribution in [0.15, 0.2) is 42.5 Å². The lowest BCUT2D eigenvalue weighted by Gasteiger charge is -2.13. The number of rotatable bonds is 5. The lowest BCUT2D eigenvalue weighted by molar-refractivity contribution is -0.112. The van der Waals surface area contributed by atoms with Gasteiger partial charge in [-0.25, -0.2) is 26.2 Å². The molecule has 0 aliphatic carbocycles. The number of halogens is 2. The number of benzene rings is 2. The van der Waals surface area contributed by atoms with Crippen LogP contribution in [-0.4, -0.2) is 28.4 Å². The molecule has 0 spiro atoms. The van der Waals surface area contributed by atoms with E-state index < -0.39 is 26.9 Å². The molecule has 9 heteroatoms. The number of imidazole rings is 1. The van der Waals surface area contributed by atoms with Gasteiger partial charge in [-0.3, -0.25) is 4.79 Å². The number of hydrogen-bond acceptors (Lipinski definition) is 5. The van der Waals surface area contributed by atoms with Crippen molar-refractivity contribution in [3.8, 4) is 0 Å². The Hall–Kier alpha value is -3.07. The molecule has 3 aromatic rings. The lowest BCUT2D eigenvalue weighted by Crippen LogP contribution is -2.23. The van der Waals surface area contributed by atoms with Crippen LogP contribution in [0, 0.1) is 11.6 Å². The number of nitrogens with two attached hydrogens (primary N) is 1. The Morgan fingerprint density at radius 1 is 1.21 bits per heavy atom. The molecular formula is C20H19F2N3O3S. The largest absolute Gasteiger partial charge is 0.368 e. The normalized spacial score (nSPS) is 12.7. The number of nitrogen functional groups attached to an aromatic ring is 1. The van der Waals surface area contributed by atoms with Gasteiger partial charge in [0.05, 0.1) is 16.3 Å². The van der Waals surface area contributed by atoms with Crippen LogP contribution in [0.3, 0.4) is 0 Å². The van der Waals surface area contributed by atoms with Crippen molar-refractivity contribution in [2.75, 3.05) is 5.73 Å². The molecule has 29 heavy (non-hydrogen) atoms. The Bertz CT molecular complexity index is 1260. The number of aromatic nitrogens is 2. The van der Waals surface area contributed by atoms with Crippen molar-refractivity contribution in [2.45, 2.75) is 26.0 Å². The first-order valence-electron chi connectivity index (χ1n) is 8.73. The van der Waals surface area contributed by atoms with E-state index in [0.717, 1.165) is 10.0 Å². The van der Waals surface area contributed by atoms with E-state index in [9.17, 15) is 22.0 Å². The van der Waals surface area contributed by atoms with Crippen molar-refractivity contribution in [1.29, 1.82) is 0 Å². The van der Waals surface area contributed by atoms with E-state index in [1.807, 2.05) is 0 Å². The van der Waals surface area contributed by atoms with Crippen molar-refractivity contribution < 1.29 is 22.0 Å². The summed E-state index contributed by atoms with van der Waals surface area (Å²) in [5.74, 6) is -2.76. The fraction of sp³-hybridized carbons (Fsp3) is 0.200. The first-order chi connectivity index (χ1) is 13.5. The molecule has 2 aromatic carbocycles. The molecule has 6 nitrogen and oxygen atoms in total. The molecule has 0 fully saturated rings. The number of anilines is 1. The minimum atomic E-state index is -3.83. The fourth-order valence-corrected chi connectivity index (χ4v) is 4.09. The molecule has 0 aliphatic heterocycles. The standard InChI is InChI=1S/C20H19F2N3O3S/c1-11(2)29(27,28)25-18-10-13(7-8-17(18)24-20(25)23)15(9-12(3)26)14-5-4-6-16(21)19(14)22/h4-11H,1-3H3,(H2,23,24)/b15-9+. The molecule has 2 N–H and O–H groups in total. The minimum absolute atomic E-state index is 0.115. The highest BCUT2D eigenvalue weighted by Gasteiger charge is 2.25. The van der Waals surface area contributed by atoms with Crippen molar-refractivity contribution in [2.24, 2.45) is 0 Å². The maximum Gasteiger partial charge on any atom is 0.244 e. The lowest BCUT2D eigenvalue weighted by atomic mass is 9.96. The highest BCUT2D eigenvalue weighted by atomic mass is 32.2. The Balaban J connectivity index is 2.33. The highest BCUT2D eigenvalue weighted by Crippen LogP contribution is 2.31. The molecule has 0 saturated carbocycles. The number of allylic oxidation sites excluding steroid dienone is 1. The summed E-state index contributed by atoms with van der Waals surface area (Å²) < 4.78 is 54.5. The van der Waals surface area contributed by atoms with E-state index in [1.165, 1.54) is 51.1 Å². The maximum atomic E-state index is 14.4. The zero-order valence-corrected chi connectivity index (χ0v) is 16.8. The van der Waals surface area contributed by atoms with Gasteiger partial charge in [-0.05, 0) is 56.2 Å². The van der Waals surface area contributed by atoms with Gasteiger partial charge in [0.15, 0.2) is 17.4 Å². The number of carbonyl (C=O) groups excluding carboxylic acids is 1. The highest BCUT2D eigenvalue weighted by molar-refractivity contribution is 7.90. The monoisotopic (exact) mass is 419 g/mol. The average molecular weight is 419 g/mol. The van der Waals surface area contributed by atoms with Gasteiger partial charge < -0.3 is 5.73 Å². The van der Waals surface area contributed by atoms with Gasteiger partial charge in [0.1, 0.15) is 0 Å². The van der Waals surface area contributed by atoms with Crippen LogP contribution >= 0.6 is 0 Å². The van der Waals surface area contributed by atoms with Crippen LogP contribution in [0.5, 0.6) is 0 Å². The van der Waals surface area contributed by atoms with Crippen LogP contribution < -0.4 is 5.73 Å². The van der Waals surface area contributed by atoms with Gasteiger partial charge in [-0.2, -0.15) is 0 Å². The number of ketones is 1. The molecule has 1 heterocycles. The summed E-state index contributed by atoms with van der Waals surface area (Å²) in [6, 6.07) is 8.13. The molecule has 3 rings (SSSR count). The van der Waals surface area contributed by atoms with E-state index in [-0.39, 0.29) is 28.4 Å². The number of carbonyl (C=O) groups is 1. The summed E-state index contributed by atoms with van der Waals surface area (Å²) in [5.41, 5.74) is 6.64. The molecule has 152 valence electrons. The number of fused-ring (bicyclic) bond motifs is 1. The third-order valence-corrected chi connectivity index (χ3v) is 6.47. The maximum absolute atomic E-state index is 14.4. The van der Waals surface area contributed by atoms with E-state index in [2.05, 4.69) is 4.98 Å². The zero-order valence-electron chi connectivity index (χ0n) is 16.0. The molecule has 0 unspecified atom stereocenters. The zero-order chi connectivity index (χ0) is 21.5. The summed E-state index contributed by atoms with van der Waals surface area (Å²) in [6.07, 6.45) is 1.17. The topological polar surface area (TPSA) is 95.1 Å². The average Bonchev–Trinajstić information content (AvgIpc) is 2.97. The summed E-state index contributed by atoms with van der Waals surface area (Å²) in [7, 11) is -3.83. The minimum Gasteiger partial charge on any atom is -0.368 e. The van der Waals surface area contributed by atoms with E-state index in [0.29, 0.717) is 11.1 Å². The second kappa shape index (κ2) is 7.40. The van der Waals surface area contributed by atoms with Crippen molar-refractivity contribution >= 4 is 38.4 Å². The van der Waals surface area contributed by atoms with Gasteiger partial charge >= 0.3 is 0 Å². The summed E-state index contributed by atoms with van der Waals surface area (Å²) in [5, 5.41) is -0.765. The van der Waals surface area contributed by atoms with Crippen LogP contribution in [0.2, 0.25) is 0 Å². The van der Waals surface area contributed by atoms with Gasteiger partial charge in [0.2, 0.25) is 16.0 Å². The predicted octanol–water partition coefficient (Wildman–Crippen LogP) is 3.50. The van der Waals surface area contributed by atoms with E-state index in [4.69, 9.17) is 5.73 Å². The van der Waals surface area contributed by atoms with Crippen LogP contribution in [0.1, 0.15) is 31.9 Å². The molecular weight excluding hydrogens is 400 g/mol. The third kappa shape index (κ3) is 3.65. The molecule has 0 atom stereocenters. The Labute approximate surface area is 166 Å². The Morgan fingerprint density at radius 3 is 2.52 bits per heavy atom. The molecule has 0 radical (unpaired) electrons. The Morgan fingerprint density at radius 2 is 1.90 bits per heavy atom. The first-order valence-corrected chi connectivity index (χ1v) is 10.2. The SMILES string of the molecule is CC(=O)/C=C(\c1ccc2nc(N)n(S(=O)(=O)C(C)C)c2c1)c1cccc(F)c1F. The molecule has 0 amide bonds. The van der Waals surface area contributed by atoms with Gasteiger partial charge in [0, 0.05) is 5.56 Å². The fourth-order valence-electron chi connectivity index (χ4n) is 2.95. The number of nitrogens with zero attached hydrogens (tertiary/aromatic N) is 2. The van der Waals surface area contributed by atoms with Crippen molar-refractivity contribution in [1.82, 2.24) is 8.96 Å². The quantitative estimate of drug-likeness (QED) is 0.639. The van der Waals surface area contributed by atoms with Crippen LogP contribution in [0.25, 0.3) is 16.6 Å². The van der Waals surface area contributed by atoms with Crippen LogP contribution in [-0.2, 0) is 14.8 Å². The number of hydrogen-bond donors (Lipinski definition) is 1. The van der Waals surface area contributed by atoms with Gasteiger partial charge in [-0.1, -0.05) is 18.2 Å². The second-order valence-electron chi connectivity index (χ2n) is 6.80. The predicted molar refractivity (Wildman–Crippen MR) is 108 cm³/mol. The van der Waals surface area contributed by atoms with Crippen molar-refractivity contribution in [3.05, 3.63) is 65.2 Å². The first kappa shape index (κ1) is 20.7.